The number of aliphatic hydroxyl groups is 1. The Balaban J connectivity index is 1.69. The highest BCUT2D eigenvalue weighted by Gasteiger charge is 2.31. The molecule has 110 valence electrons. The lowest BCUT2D eigenvalue weighted by molar-refractivity contribution is 0.153. The van der Waals surface area contributed by atoms with E-state index < -0.39 is 0 Å². The minimum absolute atomic E-state index is 0.297. The van der Waals surface area contributed by atoms with Gasteiger partial charge in [-0.05, 0) is 54.2 Å². The third-order valence-corrected chi connectivity index (χ3v) is 4.99. The molecule has 2 fully saturated rings. The summed E-state index contributed by atoms with van der Waals surface area (Å²) in [6.45, 7) is 3.61. The maximum Gasteiger partial charge on any atom is 0.0586 e. The number of aromatic nitrogens is 1. The zero-order valence-electron chi connectivity index (χ0n) is 11.7. The van der Waals surface area contributed by atoms with Crippen LogP contribution in [0, 0.1) is 0 Å². The zero-order chi connectivity index (χ0) is 13.9. The first-order valence-electron chi connectivity index (χ1n) is 7.50. The van der Waals surface area contributed by atoms with Crippen LogP contribution in [0.5, 0.6) is 0 Å². The average Bonchev–Trinajstić information content (AvgIpc) is 3.08. The zero-order valence-corrected chi connectivity index (χ0v) is 13.3. The van der Waals surface area contributed by atoms with Crippen LogP contribution in [0.15, 0.2) is 22.9 Å². The lowest BCUT2D eigenvalue weighted by Gasteiger charge is -2.32. The van der Waals surface area contributed by atoms with Crippen molar-refractivity contribution < 1.29 is 5.11 Å². The van der Waals surface area contributed by atoms with E-state index in [1.807, 2.05) is 12.4 Å². The van der Waals surface area contributed by atoms with E-state index in [1.165, 1.54) is 24.9 Å². The van der Waals surface area contributed by atoms with Crippen LogP contribution in [0.3, 0.4) is 0 Å². The van der Waals surface area contributed by atoms with E-state index in [4.69, 9.17) is 0 Å². The summed E-state index contributed by atoms with van der Waals surface area (Å²) in [7, 11) is 0. The molecule has 5 heteroatoms. The normalized spacial score (nSPS) is 27.4. The first kappa shape index (κ1) is 14.3. The predicted molar refractivity (Wildman–Crippen MR) is 84.0 cm³/mol. The maximum atomic E-state index is 9.46. The van der Waals surface area contributed by atoms with Crippen molar-refractivity contribution >= 4 is 21.6 Å². The molecule has 0 amide bonds. The molecule has 1 N–H and O–H groups in total. The highest BCUT2D eigenvalue weighted by molar-refractivity contribution is 9.10. The van der Waals surface area contributed by atoms with Crippen LogP contribution in [0.25, 0.3) is 0 Å². The molecule has 1 aromatic rings. The number of anilines is 1. The SMILES string of the molecule is OC[C@H]1CCCN1C[C@@H]1CCCN1c1cncc(Br)c1. The topological polar surface area (TPSA) is 39.6 Å². The fourth-order valence-electron chi connectivity index (χ4n) is 3.54. The molecular weight excluding hydrogens is 318 g/mol. The van der Waals surface area contributed by atoms with Gasteiger partial charge in [0.1, 0.15) is 0 Å². The van der Waals surface area contributed by atoms with E-state index in [0.29, 0.717) is 18.7 Å². The van der Waals surface area contributed by atoms with Crippen molar-refractivity contribution in [2.24, 2.45) is 0 Å². The van der Waals surface area contributed by atoms with Crippen molar-refractivity contribution in [3.8, 4) is 0 Å². The van der Waals surface area contributed by atoms with Crippen molar-refractivity contribution in [1.82, 2.24) is 9.88 Å². The number of aliphatic hydroxyl groups excluding tert-OH is 1. The molecule has 1 aromatic heterocycles. The third-order valence-electron chi connectivity index (χ3n) is 4.55. The summed E-state index contributed by atoms with van der Waals surface area (Å²) in [5, 5.41) is 9.46. The van der Waals surface area contributed by atoms with E-state index in [2.05, 4.69) is 36.8 Å². The molecular formula is C15H22BrN3O. The number of hydrogen-bond acceptors (Lipinski definition) is 4. The molecule has 2 atom stereocenters. The molecule has 0 saturated carbocycles. The number of pyridine rings is 1. The summed E-state index contributed by atoms with van der Waals surface area (Å²) < 4.78 is 1.04. The summed E-state index contributed by atoms with van der Waals surface area (Å²) in [5.41, 5.74) is 1.21. The highest BCUT2D eigenvalue weighted by atomic mass is 79.9. The average molecular weight is 340 g/mol. The second-order valence-electron chi connectivity index (χ2n) is 5.82. The smallest absolute Gasteiger partial charge is 0.0586 e. The van der Waals surface area contributed by atoms with E-state index >= 15 is 0 Å². The van der Waals surface area contributed by atoms with Gasteiger partial charge in [0.2, 0.25) is 0 Å². The van der Waals surface area contributed by atoms with Crippen LogP contribution in [0.1, 0.15) is 25.7 Å². The number of nitrogens with zero attached hydrogens (tertiary/aromatic N) is 3. The van der Waals surface area contributed by atoms with Crippen molar-refractivity contribution in [1.29, 1.82) is 0 Å². The van der Waals surface area contributed by atoms with Gasteiger partial charge in [-0.1, -0.05) is 0 Å². The third kappa shape index (κ3) is 3.00. The Labute approximate surface area is 128 Å². The molecule has 4 nitrogen and oxygen atoms in total. The van der Waals surface area contributed by atoms with Crippen molar-refractivity contribution in [3.05, 3.63) is 22.9 Å². The number of hydrogen-bond donors (Lipinski definition) is 1. The molecule has 2 aliphatic rings. The Hall–Kier alpha value is -0.650. The van der Waals surface area contributed by atoms with Gasteiger partial charge in [0.25, 0.3) is 0 Å². The van der Waals surface area contributed by atoms with Gasteiger partial charge >= 0.3 is 0 Å². The summed E-state index contributed by atoms with van der Waals surface area (Å²) in [6, 6.07) is 3.08. The molecule has 2 aliphatic heterocycles. The minimum atomic E-state index is 0.297. The second kappa shape index (κ2) is 6.41. The Bertz CT molecular complexity index is 456. The van der Waals surface area contributed by atoms with Gasteiger partial charge in [-0.2, -0.15) is 0 Å². The minimum Gasteiger partial charge on any atom is -0.395 e. The summed E-state index contributed by atoms with van der Waals surface area (Å²) in [4.78, 5) is 9.23. The van der Waals surface area contributed by atoms with Crippen molar-refractivity contribution in [3.63, 3.8) is 0 Å². The molecule has 0 bridgehead atoms. The van der Waals surface area contributed by atoms with Crippen LogP contribution in [-0.4, -0.2) is 53.3 Å². The van der Waals surface area contributed by atoms with E-state index in [-0.39, 0.29) is 0 Å². The molecule has 0 aliphatic carbocycles. The van der Waals surface area contributed by atoms with Gasteiger partial charge in [0, 0.05) is 35.8 Å². The fourth-order valence-corrected chi connectivity index (χ4v) is 3.89. The van der Waals surface area contributed by atoms with Gasteiger partial charge in [0.05, 0.1) is 18.5 Å². The van der Waals surface area contributed by atoms with Gasteiger partial charge in [-0.15, -0.1) is 0 Å². The Kier molecular flexibility index (Phi) is 4.58. The summed E-state index contributed by atoms with van der Waals surface area (Å²) in [6.07, 6.45) is 8.63. The standard InChI is InChI=1S/C15H22BrN3O/c16-12-7-15(9-17-8-12)19-6-2-3-13(19)10-18-5-1-4-14(18)11-20/h7-9,13-14,20H,1-6,10-11H2/t13-,14+/m0/s1. The molecule has 0 aromatic carbocycles. The fraction of sp³-hybridized carbons (Fsp3) is 0.667. The van der Waals surface area contributed by atoms with Crippen molar-refractivity contribution in [2.75, 3.05) is 31.1 Å². The molecule has 3 rings (SSSR count). The Morgan fingerprint density at radius 1 is 1.20 bits per heavy atom. The lowest BCUT2D eigenvalue weighted by Crippen LogP contribution is -2.43. The van der Waals surface area contributed by atoms with Crippen LogP contribution in [0.4, 0.5) is 5.69 Å². The molecule has 0 spiro atoms. The van der Waals surface area contributed by atoms with E-state index in [1.54, 1.807) is 0 Å². The Morgan fingerprint density at radius 2 is 2.00 bits per heavy atom. The van der Waals surface area contributed by atoms with Crippen LogP contribution >= 0.6 is 15.9 Å². The van der Waals surface area contributed by atoms with Gasteiger partial charge in [0.15, 0.2) is 0 Å². The van der Waals surface area contributed by atoms with Crippen LogP contribution < -0.4 is 4.90 Å². The Morgan fingerprint density at radius 3 is 2.80 bits per heavy atom. The molecule has 0 radical (unpaired) electrons. The largest absolute Gasteiger partial charge is 0.395 e. The van der Waals surface area contributed by atoms with Crippen LogP contribution in [0.2, 0.25) is 0 Å². The van der Waals surface area contributed by atoms with Gasteiger partial charge in [-0.25, -0.2) is 0 Å². The maximum absolute atomic E-state index is 9.46. The number of halogens is 1. The van der Waals surface area contributed by atoms with Crippen LogP contribution in [-0.2, 0) is 0 Å². The summed E-state index contributed by atoms with van der Waals surface area (Å²) in [5.74, 6) is 0. The molecule has 0 unspecified atom stereocenters. The predicted octanol–water partition coefficient (Wildman–Crippen LogP) is 2.27. The lowest BCUT2D eigenvalue weighted by atomic mass is 10.1. The van der Waals surface area contributed by atoms with E-state index in [0.717, 1.165) is 30.5 Å². The second-order valence-corrected chi connectivity index (χ2v) is 6.74. The molecule has 20 heavy (non-hydrogen) atoms. The first-order valence-corrected chi connectivity index (χ1v) is 8.29. The number of likely N-dealkylation sites (tertiary alicyclic amines) is 1. The van der Waals surface area contributed by atoms with Crippen molar-refractivity contribution in [2.45, 2.75) is 37.8 Å². The van der Waals surface area contributed by atoms with Gasteiger partial charge in [-0.3, -0.25) is 9.88 Å². The molecule has 3 heterocycles. The first-order chi connectivity index (χ1) is 9.78. The number of rotatable bonds is 4. The monoisotopic (exact) mass is 339 g/mol. The highest BCUT2D eigenvalue weighted by Crippen LogP contribution is 2.29. The molecule has 2 saturated heterocycles. The quantitative estimate of drug-likeness (QED) is 0.913. The van der Waals surface area contributed by atoms with E-state index in [9.17, 15) is 5.11 Å². The van der Waals surface area contributed by atoms with Gasteiger partial charge < -0.3 is 10.0 Å². The summed E-state index contributed by atoms with van der Waals surface area (Å²) >= 11 is 3.51.